The predicted octanol–water partition coefficient (Wildman–Crippen LogP) is 4.37. The number of rotatable bonds is 4. The van der Waals surface area contributed by atoms with E-state index in [-0.39, 0.29) is 0 Å². The highest BCUT2D eigenvalue weighted by Gasteiger charge is 2.20. The first-order valence-electron chi connectivity index (χ1n) is 7.60. The molecule has 0 saturated carbocycles. The van der Waals surface area contributed by atoms with E-state index in [2.05, 4.69) is 30.3 Å². The van der Waals surface area contributed by atoms with Crippen LogP contribution in [0.1, 0.15) is 35.4 Å². The lowest BCUT2D eigenvalue weighted by atomic mass is 9.79. The minimum Gasteiger partial charge on any atom is -0.497 e. The summed E-state index contributed by atoms with van der Waals surface area (Å²) in [7, 11) is 3.44. The third-order valence-electron chi connectivity index (χ3n) is 4.43. The average molecular weight is 282 g/mol. The molecular formula is C19H22O2. The molecule has 0 bridgehead atoms. The average Bonchev–Trinajstić information content (AvgIpc) is 2.55. The first-order valence-corrected chi connectivity index (χ1v) is 7.60. The Kier molecular flexibility index (Phi) is 4.14. The highest BCUT2D eigenvalue weighted by molar-refractivity contribution is 5.40. The molecule has 0 N–H and O–H groups in total. The second kappa shape index (κ2) is 6.21. The van der Waals surface area contributed by atoms with Crippen molar-refractivity contribution in [2.45, 2.75) is 31.6 Å². The van der Waals surface area contributed by atoms with Crippen LogP contribution in [0.5, 0.6) is 11.5 Å². The molecule has 3 rings (SSSR count). The van der Waals surface area contributed by atoms with E-state index in [1.165, 1.54) is 36.0 Å². The minimum atomic E-state index is 0.619. The van der Waals surface area contributed by atoms with Crippen molar-refractivity contribution in [1.29, 1.82) is 0 Å². The predicted molar refractivity (Wildman–Crippen MR) is 85.4 cm³/mol. The van der Waals surface area contributed by atoms with E-state index < -0.39 is 0 Å². The Bertz CT molecular complexity index is 601. The molecule has 1 aliphatic rings. The number of hydrogen-bond acceptors (Lipinski definition) is 2. The first-order chi connectivity index (χ1) is 10.3. The summed E-state index contributed by atoms with van der Waals surface area (Å²) in [5.74, 6) is 2.51. The summed E-state index contributed by atoms with van der Waals surface area (Å²) in [5, 5.41) is 0. The molecule has 0 fully saturated rings. The molecule has 0 unspecified atom stereocenters. The Balaban J connectivity index is 1.81. The number of benzene rings is 2. The van der Waals surface area contributed by atoms with Gasteiger partial charge in [-0.1, -0.05) is 18.2 Å². The molecule has 1 atom stereocenters. The van der Waals surface area contributed by atoms with Crippen LogP contribution in [-0.4, -0.2) is 14.2 Å². The number of aryl methyl sites for hydroxylation is 1. The van der Waals surface area contributed by atoms with E-state index in [1.807, 2.05) is 12.1 Å². The first kappa shape index (κ1) is 14.0. The highest BCUT2D eigenvalue weighted by Crippen LogP contribution is 2.36. The van der Waals surface area contributed by atoms with E-state index in [0.29, 0.717) is 5.92 Å². The fourth-order valence-electron chi connectivity index (χ4n) is 3.28. The molecule has 0 spiro atoms. The molecule has 2 nitrogen and oxygen atoms in total. The Labute approximate surface area is 126 Å². The minimum absolute atomic E-state index is 0.619. The molecular weight excluding hydrogens is 260 g/mol. The van der Waals surface area contributed by atoms with E-state index in [1.54, 1.807) is 14.2 Å². The Morgan fingerprint density at radius 2 is 1.67 bits per heavy atom. The summed E-state index contributed by atoms with van der Waals surface area (Å²) in [6, 6.07) is 15.0. The van der Waals surface area contributed by atoms with E-state index in [9.17, 15) is 0 Å². The van der Waals surface area contributed by atoms with Gasteiger partial charge in [0.2, 0.25) is 0 Å². The van der Waals surface area contributed by atoms with Crippen LogP contribution < -0.4 is 9.47 Å². The molecule has 21 heavy (non-hydrogen) atoms. The standard InChI is InChI=1S/C19H22O2/c1-20-17-8-6-14(7-9-17)12-15-4-3-5-16-13-18(21-2)10-11-19(15)16/h6-11,13,15H,3-5,12H2,1-2H3/t15-/m0/s1. The van der Waals surface area contributed by atoms with Crippen LogP contribution in [0.2, 0.25) is 0 Å². The van der Waals surface area contributed by atoms with Gasteiger partial charge in [-0.05, 0) is 72.6 Å². The molecule has 2 heteroatoms. The van der Waals surface area contributed by atoms with Crippen LogP contribution in [0.15, 0.2) is 42.5 Å². The van der Waals surface area contributed by atoms with E-state index in [0.717, 1.165) is 17.9 Å². The van der Waals surface area contributed by atoms with Crippen LogP contribution in [0.4, 0.5) is 0 Å². The van der Waals surface area contributed by atoms with Gasteiger partial charge in [0.05, 0.1) is 14.2 Å². The Hall–Kier alpha value is -1.96. The molecule has 0 aliphatic heterocycles. The van der Waals surface area contributed by atoms with Crippen molar-refractivity contribution in [1.82, 2.24) is 0 Å². The second-order valence-electron chi connectivity index (χ2n) is 5.71. The summed E-state index contributed by atoms with van der Waals surface area (Å²) in [6.07, 6.45) is 4.81. The summed E-state index contributed by atoms with van der Waals surface area (Å²) < 4.78 is 10.6. The molecule has 0 amide bonds. The normalized spacial score (nSPS) is 17.1. The summed E-state index contributed by atoms with van der Waals surface area (Å²) >= 11 is 0. The smallest absolute Gasteiger partial charge is 0.119 e. The van der Waals surface area contributed by atoms with Gasteiger partial charge >= 0.3 is 0 Å². The van der Waals surface area contributed by atoms with Gasteiger partial charge in [0.15, 0.2) is 0 Å². The van der Waals surface area contributed by atoms with Gasteiger partial charge in [-0.2, -0.15) is 0 Å². The molecule has 0 radical (unpaired) electrons. The molecule has 0 heterocycles. The zero-order valence-corrected chi connectivity index (χ0v) is 12.8. The lowest BCUT2D eigenvalue weighted by molar-refractivity contribution is 0.412. The van der Waals surface area contributed by atoms with E-state index in [4.69, 9.17) is 9.47 Å². The molecule has 0 saturated heterocycles. The zero-order chi connectivity index (χ0) is 14.7. The lowest BCUT2D eigenvalue weighted by Gasteiger charge is -2.26. The third kappa shape index (κ3) is 3.05. The van der Waals surface area contributed by atoms with Crippen LogP contribution in [-0.2, 0) is 12.8 Å². The fraction of sp³-hybridized carbons (Fsp3) is 0.368. The zero-order valence-electron chi connectivity index (χ0n) is 12.8. The van der Waals surface area contributed by atoms with Gasteiger partial charge in [0, 0.05) is 0 Å². The molecule has 2 aromatic rings. The van der Waals surface area contributed by atoms with Gasteiger partial charge in [-0.25, -0.2) is 0 Å². The maximum atomic E-state index is 5.35. The van der Waals surface area contributed by atoms with Crippen LogP contribution in [0.25, 0.3) is 0 Å². The monoisotopic (exact) mass is 282 g/mol. The second-order valence-corrected chi connectivity index (χ2v) is 5.71. The fourth-order valence-corrected chi connectivity index (χ4v) is 3.28. The van der Waals surface area contributed by atoms with Gasteiger partial charge in [0.1, 0.15) is 11.5 Å². The molecule has 2 aromatic carbocycles. The van der Waals surface area contributed by atoms with Gasteiger partial charge < -0.3 is 9.47 Å². The lowest BCUT2D eigenvalue weighted by Crippen LogP contribution is -2.12. The number of methoxy groups -OCH3 is 2. The van der Waals surface area contributed by atoms with Crippen molar-refractivity contribution < 1.29 is 9.47 Å². The van der Waals surface area contributed by atoms with Crippen molar-refractivity contribution in [3.8, 4) is 11.5 Å². The van der Waals surface area contributed by atoms with Crippen molar-refractivity contribution in [2.75, 3.05) is 14.2 Å². The summed E-state index contributed by atoms with van der Waals surface area (Å²) in [5.41, 5.74) is 4.33. The Morgan fingerprint density at radius 1 is 0.952 bits per heavy atom. The third-order valence-corrected chi connectivity index (χ3v) is 4.43. The van der Waals surface area contributed by atoms with Gasteiger partial charge in [-0.15, -0.1) is 0 Å². The van der Waals surface area contributed by atoms with Gasteiger partial charge in [-0.3, -0.25) is 0 Å². The molecule has 1 aliphatic carbocycles. The van der Waals surface area contributed by atoms with Crippen molar-refractivity contribution >= 4 is 0 Å². The van der Waals surface area contributed by atoms with Crippen molar-refractivity contribution in [2.24, 2.45) is 0 Å². The molecule has 110 valence electrons. The number of hydrogen-bond donors (Lipinski definition) is 0. The SMILES string of the molecule is COc1ccc(C[C@@H]2CCCc3cc(OC)ccc32)cc1. The van der Waals surface area contributed by atoms with E-state index >= 15 is 0 Å². The Morgan fingerprint density at radius 3 is 2.38 bits per heavy atom. The quantitative estimate of drug-likeness (QED) is 0.829. The topological polar surface area (TPSA) is 18.5 Å². The number of fused-ring (bicyclic) bond motifs is 1. The maximum absolute atomic E-state index is 5.35. The maximum Gasteiger partial charge on any atom is 0.119 e. The van der Waals surface area contributed by atoms with Crippen molar-refractivity contribution in [3.05, 3.63) is 59.2 Å². The van der Waals surface area contributed by atoms with Crippen molar-refractivity contribution in [3.63, 3.8) is 0 Å². The van der Waals surface area contributed by atoms with Crippen LogP contribution in [0.3, 0.4) is 0 Å². The van der Waals surface area contributed by atoms with Crippen LogP contribution >= 0.6 is 0 Å². The molecule has 0 aromatic heterocycles. The van der Waals surface area contributed by atoms with Gasteiger partial charge in [0.25, 0.3) is 0 Å². The number of ether oxygens (including phenoxy) is 2. The highest BCUT2D eigenvalue weighted by atomic mass is 16.5. The summed E-state index contributed by atoms with van der Waals surface area (Å²) in [6.45, 7) is 0. The van der Waals surface area contributed by atoms with Crippen LogP contribution in [0, 0.1) is 0 Å². The summed E-state index contributed by atoms with van der Waals surface area (Å²) in [4.78, 5) is 0. The largest absolute Gasteiger partial charge is 0.497 e.